The van der Waals surface area contributed by atoms with Gasteiger partial charge in [-0.3, -0.25) is 15.1 Å². The highest BCUT2D eigenvalue weighted by Gasteiger charge is 2.27. The zero-order valence-electron chi connectivity index (χ0n) is 13.8. The van der Waals surface area contributed by atoms with E-state index >= 15 is 0 Å². The van der Waals surface area contributed by atoms with Crippen molar-refractivity contribution in [1.29, 1.82) is 0 Å². The average Bonchev–Trinajstić information content (AvgIpc) is 2.64. The van der Waals surface area contributed by atoms with Gasteiger partial charge in [-0.25, -0.2) is 18.1 Å². The smallest absolute Gasteiger partial charge is 0.269 e. The highest BCUT2D eigenvalue weighted by molar-refractivity contribution is 7.89. The fraction of sp³-hybridized carbons (Fsp3) is 0.375. The first-order valence-corrected chi connectivity index (χ1v) is 9.62. The second-order valence-electron chi connectivity index (χ2n) is 6.01. The average molecular weight is 378 g/mol. The van der Waals surface area contributed by atoms with Gasteiger partial charge in [-0.2, -0.15) is 0 Å². The minimum Gasteiger partial charge on any atom is -0.473 e. The maximum Gasteiger partial charge on any atom is 0.269 e. The summed E-state index contributed by atoms with van der Waals surface area (Å²) in [7, 11) is -3.71. The summed E-state index contributed by atoms with van der Waals surface area (Å²) in [6.45, 7) is 0. The Morgan fingerprint density at radius 3 is 2.38 bits per heavy atom. The Balaban J connectivity index is 1.55. The molecule has 0 atom stereocenters. The summed E-state index contributed by atoms with van der Waals surface area (Å²) in [5.74, 6) is 0.461. The minimum atomic E-state index is -3.71. The number of nitro benzene ring substituents is 1. The molecule has 26 heavy (non-hydrogen) atoms. The molecule has 1 saturated carbocycles. The van der Waals surface area contributed by atoms with Crippen molar-refractivity contribution in [3.63, 3.8) is 0 Å². The molecule has 0 unspecified atom stereocenters. The van der Waals surface area contributed by atoms with Gasteiger partial charge in [0.05, 0.1) is 16.0 Å². The van der Waals surface area contributed by atoms with E-state index in [-0.39, 0.29) is 22.7 Å². The number of nitrogens with one attached hydrogen (secondary N) is 1. The molecule has 0 bridgehead atoms. The van der Waals surface area contributed by atoms with Gasteiger partial charge in [-0.05, 0) is 37.8 Å². The summed E-state index contributed by atoms with van der Waals surface area (Å²) in [6, 6.07) is 4.64. The highest BCUT2D eigenvalue weighted by Crippen LogP contribution is 2.24. The Morgan fingerprint density at radius 1 is 1.12 bits per heavy atom. The fourth-order valence-electron chi connectivity index (χ4n) is 2.85. The summed E-state index contributed by atoms with van der Waals surface area (Å²) in [5.41, 5.74) is -0.148. The molecule has 0 aliphatic heterocycles. The topological polar surface area (TPSA) is 124 Å². The van der Waals surface area contributed by atoms with Crippen LogP contribution in [0.4, 0.5) is 5.69 Å². The standard InChI is InChI=1S/C16H18N4O5S/c21-20(22)13-3-7-15(8-4-13)26(23,24)19-12-1-5-14(6-2-12)25-16-11-17-9-10-18-16/h3-4,7-12,14,19H,1-2,5-6H2. The summed E-state index contributed by atoms with van der Waals surface area (Å²) in [5, 5.41) is 10.7. The third kappa shape index (κ3) is 4.52. The predicted molar refractivity (Wildman–Crippen MR) is 92.1 cm³/mol. The lowest BCUT2D eigenvalue weighted by molar-refractivity contribution is -0.384. The summed E-state index contributed by atoms with van der Waals surface area (Å²) in [6.07, 6.45) is 7.31. The summed E-state index contributed by atoms with van der Waals surface area (Å²) >= 11 is 0. The number of non-ortho nitro benzene ring substituents is 1. The maximum absolute atomic E-state index is 12.4. The van der Waals surface area contributed by atoms with E-state index < -0.39 is 14.9 Å². The van der Waals surface area contributed by atoms with Crippen LogP contribution in [0.2, 0.25) is 0 Å². The van der Waals surface area contributed by atoms with Gasteiger partial charge in [0.15, 0.2) is 0 Å². The van der Waals surface area contributed by atoms with Gasteiger partial charge in [-0.15, -0.1) is 0 Å². The Morgan fingerprint density at radius 2 is 1.81 bits per heavy atom. The lowest BCUT2D eigenvalue weighted by Gasteiger charge is -2.28. The first kappa shape index (κ1) is 18.2. The monoisotopic (exact) mass is 378 g/mol. The van der Waals surface area contributed by atoms with Gasteiger partial charge in [0.1, 0.15) is 6.10 Å². The number of hydrogen-bond donors (Lipinski definition) is 1. The number of hydrogen-bond acceptors (Lipinski definition) is 7. The highest BCUT2D eigenvalue weighted by atomic mass is 32.2. The van der Waals surface area contributed by atoms with Crippen molar-refractivity contribution in [1.82, 2.24) is 14.7 Å². The number of ether oxygens (including phenoxy) is 1. The van der Waals surface area contributed by atoms with E-state index in [0.717, 1.165) is 0 Å². The number of aromatic nitrogens is 2. The molecule has 0 saturated heterocycles. The summed E-state index contributed by atoms with van der Waals surface area (Å²) in [4.78, 5) is 18.1. The van der Waals surface area contributed by atoms with Crippen LogP contribution in [-0.4, -0.2) is 35.5 Å². The third-order valence-electron chi connectivity index (χ3n) is 4.18. The van der Waals surface area contributed by atoms with Crippen LogP contribution in [0, 0.1) is 10.1 Å². The lowest BCUT2D eigenvalue weighted by atomic mass is 9.94. The van der Waals surface area contributed by atoms with E-state index in [1.54, 1.807) is 18.6 Å². The zero-order valence-corrected chi connectivity index (χ0v) is 14.6. The van der Waals surface area contributed by atoms with Gasteiger partial charge in [-0.1, -0.05) is 0 Å². The molecule has 9 nitrogen and oxygen atoms in total. The molecule has 1 aliphatic rings. The quantitative estimate of drug-likeness (QED) is 0.602. The molecule has 3 rings (SSSR count). The molecule has 0 spiro atoms. The second-order valence-corrected chi connectivity index (χ2v) is 7.72. The van der Waals surface area contributed by atoms with E-state index in [9.17, 15) is 18.5 Å². The van der Waals surface area contributed by atoms with Crippen molar-refractivity contribution in [2.24, 2.45) is 0 Å². The first-order valence-electron chi connectivity index (χ1n) is 8.13. The number of benzene rings is 1. The molecule has 2 aromatic rings. The van der Waals surface area contributed by atoms with E-state index in [4.69, 9.17) is 4.74 Å². The molecule has 1 fully saturated rings. The summed E-state index contributed by atoms with van der Waals surface area (Å²) < 4.78 is 33.2. The molecular weight excluding hydrogens is 360 g/mol. The maximum atomic E-state index is 12.4. The molecule has 138 valence electrons. The number of nitrogens with zero attached hydrogens (tertiary/aromatic N) is 3. The Hall–Kier alpha value is -2.59. The van der Waals surface area contributed by atoms with Gasteiger partial charge < -0.3 is 4.74 Å². The third-order valence-corrected chi connectivity index (χ3v) is 5.72. The van der Waals surface area contributed by atoms with Gasteiger partial charge in [0.2, 0.25) is 15.9 Å². The lowest BCUT2D eigenvalue weighted by Crippen LogP contribution is -2.39. The molecule has 10 heteroatoms. The van der Waals surface area contributed by atoms with Crippen molar-refractivity contribution >= 4 is 15.7 Å². The first-order chi connectivity index (χ1) is 12.4. The van der Waals surface area contributed by atoms with Crippen LogP contribution in [0.5, 0.6) is 5.88 Å². The second kappa shape index (κ2) is 7.75. The van der Waals surface area contributed by atoms with E-state index in [0.29, 0.717) is 31.6 Å². The van der Waals surface area contributed by atoms with Crippen molar-refractivity contribution in [2.75, 3.05) is 0 Å². The number of nitro groups is 1. The molecule has 0 amide bonds. The van der Waals surface area contributed by atoms with Crippen LogP contribution in [0.15, 0.2) is 47.8 Å². The molecule has 0 radical (unpaired) electrons. The minimum absolute atomic E-state index is 0.0148. The largest absolute Gasteiger partial charge is 0.473 e. The van der Waals surface area contributed by atoms with Gasteiger partial charge >= 0.3 is 0 Å². The van der Waals surface area contributed by atoms with Crippen LogP contribution in [0.3, 0.4) is 0 Å². The molecule has 1 N–H and O–H groups in total. The van der Waals surface area contributed by atoms with Gasteiger partial charge in [0, 0.05) is 30.6 Å². The Kier molecular flexibility index (Phi) is 5.43. The van der Waals surface area contributed by atoms with Crippen LogP contribution < -0.4 is 9.46 Å². The van der Waals surface area contributed by atoms with E-state index in [2.05, 4.69) is 14.7 Å². The molecular formula is C16H18N4O5S. The Labute approximate surface area is 150 Å². The van der Waals surface area contributed by atoms with Crippen molar-refractivity contribution in [2.45, 2.75) is 42.7 Å². The van der Waals surface area contributed by atoms with Crippen LogP contribution in [0.1, 0.15) is 25.7 Å². The predicted octanol–water partition coefficient (Wildman–Crippen LogP) is 2.05. The van der Waals surface area contributed by atoms with Crippen molar-refractivity contribution in [3.8, 4) is 5.88 Å². The van der Waals surface area contributed by atoms with Crippen LogP contribution in [-0.2, 0) is 10.0 Å². The van der Waals surface area contributed by atoms with E-state index in [1.165, 1.54) is 24.3 Å². The molecule has 1 heterocycles. The van der Waals surface area contributed by atoms with E-state index in [1.807, 2.05) is 0 Å². The number of sulfonamides is 1. The molecule has 1 aromatic carbocycles. The molecule has 1 aliphatic carbocycles. The van der Waals surface area contributed by atoms with Crippen molar-refractivity contribution < 1.29 is 18.1 Å². The normalized spacial score (nSPS) is 20.5. The number of rotatable bonds is 6. The van der Waals surface area contributed by atoms with Crippen molar-refractivity contribution in [3.05, 3.63) is 53.0 Å². The SMILES string of the molecule is O=[N+]([O-])c1ccc(S(=O)(=O)NC2CCC(Oc3cnccn3)CC2)cc1. The Bertz CT molecular complexity index is 850. The van der Waals surface area contributed by atoms with Crippen LogP contribution >= 0.6 is 0 Å². The van der Waals surface area contributed by atoms with Crippen LogP contribution in [0.25, 0.3) is 0 Å². The van der Waals surface area contributed by atoms with Gasteiger partial charge in [0.25, 0.3) is 5.69 Å². The zero-order chi connectivity index (χ0) is 18.6. The molecule has 1 aromatic heterocycles. The fourth-order valence-corrected chi connectivity index (χ4v) is 4.16.